The lowest BCUT2D eigenvalue weighted by Crippen LogP contribution is -1.98. The zero-order chi connectivity index (χ0) is 14.9. The molecule has 2 N–H and O–H groups in total. The molecule has 20 heavy (non-hydrogen) atoms. The third kappa shape index (κ3) is 2.52. The number of halogens is 1. The second-order valence-corrected chi connectivity index (χ2v) is 4.28. The first-order valence-electron chi connectivity index (χ1n) is 5.25. The van der Waals surface area contributed by atoms with Crippen molar-refractivity contribution in [3.63, 3.8) is 0 Å². The molecule has 0 aliphatic heterocycles. The Balaban J connectivity index is 2.66. The van der Waals surface area contributed by atoms with E-state index in [1.165, 1.54) is 18.3 Å². The number of benzene rings is 1. The minimum Gasteiger partial charge on any atom is -0.502 e. The van der Waals surface area contributed by atoms with Crippen molar-refractivity contribution in [1.29, 1.82) is 0 Å². The molecular weight excluding hydrogens is 288 g/mol. The van der Waals surface area contributed by atoms with Crippen LogP contribution in [-0.2, 0) is 0 Å². The predicted molar refractivity (Wildman–Crippen MR) is 70.0 cm³/mol. The van der Waals surface area contributed by atoms with Gasteiger partial charge in [0.25, 0.3) is 0 Å². The highest BCUT2D eigenvalue weighted by Crippen LogP contribution is 2.39. The van der Waals surface area contributed by atoms with Crippen LogP contribution in [0.5, 0.6) is 5.75 Å². The maximum atomic E-state index is 10.9. The lowest BCUT2D eigenvalue weighted by atomic mass is 10.0. The average Bonchev–Trinajstić information content (AvgIpc) is 2.40. The quantitative estimate of drug-likeness (QED) is 0.664. The van der Waals surface area contributed by atoms with Gasteiger partial charge in [0.1, 0.15) is 0 Å². The van der Waals surface area contributed by atoms with E-state index in [2.05, 4.69) is 4.98 Å². The van der Waals surface area contributed by atoms with Crippen LogP contribution in [0.25, 0.3) is 11.1 Å². The van der Waals surface area contributed by atoms with E-state index in [0.717, 1.165) is 12.3 Å². The second-order valence-electron chi connectivity index (χ2n) is 3.85. The van der Waals surface area contributed by atoms with Crippen molar-refractivity contribution in [2.75, 3.05) is 0 Å². The van der Waals surface area contributed by atoms with Crippen molar-refractivity contribution in [3.05, 3.63) is 51.3 Å². The van der Waals surface area contributed by atoms with Gasteiger partial charge < -0.3 is 10.2 Å². The van der Waals surface area contributed by atoms with Gasteiger partial charge in [0.2, 0.25) is 5.75 Å². The van der Waals surface area contributed by atoms with Crippen LogP contribution >= 0.6 is 11.6 Å². The number of carboxylic acids is 1. The summed E-state index contributed by atoms with van der Waals surface area (Å²) < 4.78 is 0. The lowest BCUT2D eigenvalue weighted by molar-refractivity contribution is -0.385. The third-order valence-electron chi connectivity index (χ3n) is 2.55. The van der Waals surface area contributed by atoms with Gasteiger partial charge in [-0.25, -0.2) is 4.79 Å². The molecule has 2 rings (SSSR count). The molecule has 0 bridgehead atoms. The van der Waals surface area contributed by atoms with Gasteiger partial charge in [-0.1, -0.05) is 11.6 Å². The maximum Gasteiger partial charge on any atom is 0.337 e. The van der Waals surface area contributed by atoms with E-state index in [1.54, 1.807) is 0 Å². The number of aromatic carboxylic acids is 1. The number of carbonyl (C=O) groups is 1. The Morgan fingerprint density at radius 3 is 2.60 bits per heavy atom. The zero-order valence-corrected chi connectivity index (χ0v) is 10.5. The molecule has 0 fully saturated rings. The molecule has 0 aliphatic carbocycles. The van der Waals surface area contributed by atoms with Crippen molar-refractivity contribution >= 4 is 23.3 Å². The predicted octanol–water partition coefficient (Wildman–Crippen LogP) is 2.71. The van der Waals surface area contributed by atoms with E-state index in [4.69, 9.17) is 16.7 Å². The fourth-order valence-corrected chi connectivity index (χ4v) is 1.86. The summed E-state index contributed by atoms with van der Waals surface area (Å²) in [5.74, 6) is -1.79. The number of rotatable bonds is 3. The number of phenols is 1. The van der Waals surface area contributed by atoms with E-state index in [9.17, 15) is 20.0 Å². The minimum atomic E-state index is -1.20. The zero-order valence-electron chi connectivity index (χ0n) is 9.78. The fourth-order valence-electron chi connectivity index (χ4n) is 1.65. The first-order chi connectivity index (χ1) is 9.40. The Kier molecular flexibility index (Phi) is 3.53. The number of nitro benzene ring substituents is 1. The van der Waals surface area contributed by atoms with Gasteiger partial charge in [0.05, 0.1) is 10.5 Å². The number of nitro groups is 1. The van der Waals surface area contributed by atoms with Gasteiger partial charge in [-0.15, -0.1) is 0 Å². The van der Waals surface area contributed by atoms with Crippen LogP contribution in [0.2, 0.25) is 5.02 Å². The molecule has 0 aliphatic rings. The molecule has 8 heteroatoms. The molecule has 1 heterocycles. The van der Waals surface area contributed by atoms with Gasteiger partial charge in [-0.05, 0) is 12.1 Å². The maximum absolute atomic E-state index is 10.9. The van der Waals surface area contributed by atoms with Crippen LogP contribution in [0.15, 0.2) is 30.6 Å². The monoisotopic (exact) mass is 294 g/mol. The molecule has 0 unspecified atom stereocenters. The number of hydrogen-bond acceptors (Lipinski definition) is 5. The Morgan fingerprint density at radius 2 is 2.00 bits per heavy atom. The van der Waals surface area contributed by atoms with Gasteiger partial charge in [-0.2, -0.15) is 0 Å². The summed E-state index contributed by atoms with van der Waals surface area (Å²) in [5, 5.41) is 29.6. The first-order valence-corrected chi connectivity index (χ1v) is 5.63. The van der Waals surface area contributed by atoms with E-state index >= 15 is 0 Å². The average molecular weight is 295 g/mol. The molecule has 2 aromatic rings. The van der Waals surface area contributed by atoms with Gasteiger partial charge in [-0.3, -0.25) is 15.1 Å². The number of carboxylic acid groups (broad SMARTS) is 1. The molecule has 0 amide bonds. The van der Waals surface area contributed by atoms with Gasteiger partial charge in [0, 0.05) is 34.6 Å². The van der Waals surface area contributed by atoms with Crippen molar-refractivity contribution in [2.45, 2.75) is 0 Å². The van der Waals surface area contributed by atoms with Crippen LogP contribution in [0.4, 0.5) is 5.69 Å². The molecule has 0 radical (unpaired) electrons. The summed E-state index contributed by atoms with van der Waals surface area (Å²) >= 11 is 5.77. The highest BCUT2D eigenvalue weighted by atomic mass is 35.5. The summed E-state index contributed by atoms with van der Waals surface area (Å²) in [6.45, 7) is 0. The molecule has 0 spiro atoms. The van der Waals surface area contributed by atoms with E-state index in [0.29, 0.717) is 0 Å². The number of hydrogen-bond donors (Lipinski definition) is 2. The normalized spacial score (nSPS) is 10.2. The van der Waals surface area contributed by atoms with E-state index in [1.807, 2.05) is 0 Å². The number of aromatic nitrogens is 1. The molecule has 102 valence electrons. The van der Waals surface area contributed by atoms with Crippen molar-refractivity contribution < 1.29 is 19.9 Å². The Bertz CT molecular complexity index is 717. The smallest absolute Gasteiger partial charge is 0.337 e. The van der Waals surface area contributed by atoms with E-state index in [-0.39, 0.29) is 21.7 Å². The largest absolute Gasteiger partial charge is 0.502 e. The highest BCUT2D eigenvalue weighted by Gasteiger charge is 2.20. The fraction of sp³-hybridized carbons (Fsp3) is 0. The summed E-state index contributed by atoms with van der Waals surface area (Å²) in [5.41, 5.74) is -0.412. The standard InChI is InChI=1S/C12H7ClN2O5/c13-8-2-9(11(16)10(3-8)15(19)20)6-1-7(12(17)18)5-14-4-6/h1-5,16H,(H,17,18). The van der Waals surface area contributed by atoms with Crippen LogP contribution < -0.4 is 0 Å². The van der Waals surface area contributed by atoms with Crippen molar-refractivity contribution in [2.24, 2.45) is 0 Å². The highest BCUT2D eigenvalue weighted by molar-refractivity contribution is 6.31. The number of pyridine rings is 1. The van der Waals surface area contributed by atoms with Crippen LogP contribution in [-0.4, -0.2) is 26.1 Å². The summed E-state index contributed by atoms with van der Waals surface area (Å²) in [7, 11) is 0. The molecule has 7 nitrogen and oxygen atoms in total. The van der Waals surface area contributed by atoms with E-state index < -0.39 is 22.3 Å². The Hall–Kier alpha value is -2.67. The van der Waals surface area contributed by atoms with Crippen LogP contribution in [0.1, 0.15) is 10.4 Å². The molecule has 1 aromatic heterocycles. The molecular formula is C12H7ClN2O5. The van der Waals surface area contributed by atoms with Crippen molar-refractivity contribution in [1.82, 2.24) is 4.98 Å². The lowest BCUT2D eigenvalue weighted by Gasteiger charge is -2.06. The molecule has 0 saturated carbocycles. The minimum absolute atomic E-state index is 0.0415. The SMILES string of the molecule is O=C(O)c1cncc(-c2cc(Cl)cc([N+](=O)[O-])c2O)c1. The number of phenolic OH excluding ortho intramolecular Hbond substituents is 1. The van der Waals surface area contributed by atoms with Crippen LogP contribution in [0.3, 0.4) is 0 Å². The Labute approximate surface area is 117 Å². The second kappa shape index (κ2) is 5.14. The Morgan fingerprint density at radius 1 is 1.30 bits per heavy atom. The molecule has 0 atom stereocenters. The first kappa shape index (κ1) is 13.8. The summed E-state index contributed by atoms with van der Waals surface area (Å²) in [6.07, 6.45) is 2.41. The third-order valence-corrected chi connectivity index (χ3v) is 2.77. The van der Waals surface area contributed by atoms with Crippen LogP contribution in [0, 0.1) is 10.1 Å². The summed E-state index contributed by atoms with van der Waals surface area (Å²) in [6, 6.07) is 3.55. The summed E-state index contributed by atoms with van der Waals surface area (Å²) in [4.78, 5) is 24.6. The van der Waals surface area contributed by atoms with Crippen molar-refractivity contribution in [3.8, 4) is 16.9 Å². The number of aromatic hydroxyl groups is 1. The van der Waals surface area contributed by atoms with Gasteiger partial charge in [0.15, 0.2) is 0 Å². The topological polar surface area (TPSA) is 114 Å². The number of nitrogens with zero attached hydrogens (tertiary/aromatic N) is 2. The molecule has 0 saturated heterocycles. The molecule has 1 aromatic carbocycles. The van der Waals surface area contributed by atoms with Gasteiger partial charge >= 0.3 is 11.7 Å².